The second kappa shape index (κ2) is 17.0. The highest BCUT2D eigenvalue weighted by molar-refractivity contribution is 6.44. The van der Waals surface area contributed by atoms with Crippen molar-refractivity contribution in [3.8, 4) is 22.4 Å². The minimum Gasteiger partial charge on any atom is -0.385 e. The van der Waals surface area contributed by atoms with Crippen LogP contribution < -0.4 is 0 Å². The fraction of sp³-hybridized carbons (Fsp3) is 0.298. The summed E-state index contributed by atoms with van der Waals surface area (Å²) in [7, 11) is -2.71. The van der Waals surface area contributed by atoms with Gasteiger partial charge >= 0.3 is 31.5 Å². The molecule has 1 aliphatic rings. The second-order valence-electron chi connectivity index (χ2n) is 15.9. The molecular weight excluding hydrogens is 825 g/mol. The van der Waals surface area contributed by atoms with Gasteiger partial charge in [0.15, 0.2) is 0 Å². The molecule has 0 amide bonds. The van der Waals surface area contributed by atoms with Gasteiger partial charge in [0.1, 0.15) is 13.2 Å². The van der Waals surface area contributed by atoms with Gasteiger partial charge in [-0.05, 0) is 113 Å². The van der Waals surface area contributed by atoms with E-state index in [2.05, 4.69) is 0 Å². The summed E-state index contributed by atoms with van der Waals surface area (Å²) in [6, 6.07) is 23.2. The van der Waals surface area contributed by atoms with Gasteiger partial charge in [-0.25, -0.2) is 4.99 Å². The molecule has 326 valence electrons. The zero-order chi connectivity index (χ0) is 45.7. The van der Waals surface area contributed by atoms with Crippen LogP contribution >= 0.6 is 0 Å². The topological polar surface area (TPSA) is 35.8 Å². The predicted octanol–water partition coefficient (Wildman–Crippen LogP) is 13.5. The maximum absolute atomic E-state index is 14.7. The standard InChI is InChI=1S/C47H43BF10N2O2/c1-26-9-13-34(14-10-26)38-21-36(42-30(5)17-28(3)18-31(42)6)39(59-38)23-41-37(43-32(7)19-29(4)20-33(43)8)22-40(35-15-11-27(2)12-16-35)60(41)48(61-24-44(49,50)46(53,54)55)62-25-45(51,52)47(56,57)58/h9-23H,24-25H2,1-8H3/b39-23-. The second-order valence-corrected chi connectivity index (χ2v) is 15.9. The van der Waals surface area contributed by atoms with Crippen LogP contribution in [0.3, 0.4) is 0 Å². The average Bonchev–Trinajstić information content (AvgIpc) is 3.72. The van der Waals surface area contributed by atoms with Gasteiger partial charge in [0.25, 0.3) is 0 Å². The van der Waals surface area contributed by atoms with Crippen molar-refractivity contribution >= 4 is 24.6 Å². The van der Waals surface area contributed by atoms with E-state index in [4.69, 9.17) is 14.3 Å². The first-order valence-electron chi connectivity index (χ1n) is 19.5. The molecular formula is C47H43BF10N2O2. The number of aliphatic imine (C=N–C) groups is 1. The van der Waals surface area contributed by atoms with Crippen LogP contribution in [0, 0.1) is 55.4 Å². The number of nitrogens with zero attached hydrogens (tertiary/aromatic N) is 2. The molecule has 15 heteroatoms. The molecule has 2 heterocycles. The Hall–Kier alpha value is -5.41. The van der Waals surface area contributed by atoms with Gasteiger partial charge in [-0.2, -0.15) is 43.9 Å². The Morgan fingerprint density at radius 1 is 0.548 bits per heavy atom. The number of allylic oxidation sites excluding steroid dienone is 2. The summed E-state index contributed by atoms with van der Waals surface area (Å²) in [5, 5.41) is 0. The Kier molecular flexibility index (Phi) is 12.7. The number of alkyl halides is 10. The van der Waals surface area contributed by atoms with Crippen molar-refractivity contribution in [1.29, 1.82) is 0 Å². The molecule has 0 bridgehead atoms. The van der Waals surface area contributed by atoms with Crippen LogP contribution in [0.15, 0.2) is 95.6 Å². The van der Waals surface area contributed by atoms with E-state index < -0.39 is 44.7 Å². The Labute approximate surface area is 353 Å². The van der Waals surface area contributed by atoms with E-state index in [1.165, 1.54) is 6.08 Å². The minimum absolute atomic E-state index is 0.0177. The number of aromatic nitrogens is 1. The molecule has 62 heavy (non-hydrogen) atoms. The van der Waals surface area contributed by atoms with E-state index in [-0.39, 0.29) is 22.6 Å². The first-order chi connectivity index (χ1) is 28.8. The molecule has 0 spiro atoms. The van der Waals surface area contributed by atoms with Gasteiger partial charge in [0.05, 0.1) is 11.4 Å². The van der Waals surface area contributed by atoms with Crippen LogP contribution in [0.1, 0.15) is 61.3 Å². The van der Waals surface area contributed by atoms with Crippen LogP contribution in [0.5, 0.6) is 0 Å². The molecule has 4 aromatic carbocycles. The van der Waals surface area contributed by atoms with Crippen molar-refractivity contribution in [3.63, 3.8) is 0 Å². The molecule has 0 radical (unpaired) electrons. The minimum atomic E-state index is -6.18. The summed E-state index contributed by atoms with van der Waals surface area (Å²) in [4.78, 5) is 5.02. The predicted molar refractivity (Wildman–Crippen MR) is 224 cm³/mol. The molecule has 0 saturated carbocycles. The molecule has 1 aliphatic heterocycles. The Morgan fingerprint density at radius 3 is 1.40 bits per heavy atom. The Balaban J connectivity index is 1.74. The molecule has 0 aliphatic carbocycles. The SMILES string of the molecule is Cc1ccc(C2=N/C(=C\c3c(-c4c(C)cc(C)cc4C)cc(-c4ccc(C)cc4)n3B(OCC(F)(F)C(F)(F)F)OCC(F)(F)C(F)(F)F)C(c3c(C)cc(C)cc3C)=C2)cc1. The van der Waals surface area contributed by atoms with Gasteiger partial charge in [-0.15, -0.1) is 0 Å². The third-order valence-electron chi connectivity index (χ3n) is 10.6. The van der Waals surface area contributed by atoms with Crippen LogP contribution in [0.2, 0.25) is 0 Å². The molecule has 0 atom stereocenters. The van der Waals surface area contributed by atoms with E-state index in [0.717, 1.165) is 43.4 Å². The number of hydrogen-bond acceptors (Lipinski definition) is 3. The zero-order valence-electron chi connectivity index (χ0n) is 35.1. The monoisotopic (exact) mass is 868 g/mol. The van der Waals surface area contributed by atoms with Gasteiger partial charge in [-0.3, -0.25) is 0 Å². The molecule has 5 aromatic rings. The molecule has 4 nitrogen and oxygen atoms in total. The van der Waals surface area contributed by atoms with Crippen molar-refractivity contribution in [2.75, 3.05) is 13.2 Å². The lowest BCUT2D eigenvalue weighted by Crippen LogP contribution is -2.48. The maximum Gasteiger partial charge on any atom is 0.598 e. The van der Waals surface area contributed by atoms with E-state index >= 15 is 0 Å². The molecule has 1 aromatic heterocycles. The van der Waals surface area contributed by atoms with Crippen molar-refractivity contribution in [3.05, 3.63) is 152 Å². The summed E-state index contributed by atoms with van der Waals surface area (Å²) in [6.07, 6.45) is -9.01. The molecule has 0 N–H and O–H groups in total. The molecule has 0 saturated heterocycles. The largest absolute Gasteiger partial charge is 0.598 e. The van der Waals surface area contributed by atoms with Crippen molar-refractivity contribution in [1.82, 2.24) is 4.48 Å². The zero-order valence-corrected chi connectivity index (χ0v) is 35.1. The normalized spacial score (nSPS) is 14.5. The number of benzene rings is 4. The smallest absolute Gasteiger partial charge is 0.385 e. The molecule has 6 rings (SSSR count). The van der Waals surface area contributed by atoms with Crippen LogP contribution in [0.25, 0.3) is 34.0 Å². The molecule has 0 unspecified atom stereocenters. The summed E-state index contributed by atoms with van der Waals surface area (Å²) in [5.74, 6) is -11.1. The highest BCUT2D eigenvalue weighted by atomic mass is 19.4. The van der Waals surface area contributed by atoms with Gasteiger partial charge < -0.3 is 13.8 Å². The first kappa shape index (κ1) is 46.1. The van der Waals surface area contributed by atoms with Crippen molar-refractivity contribution in [2.45, 2.75) is 79.6 Å². The highest BCUT2D eigenvalue weighted by Crippen LogP contribution is 2.44. The van der Waals surface area contributed by atoms with Crippen LogP contribution in [-0.4, -0.2) is 54.9 Å². The quantitative estimate of drug-likeness (QED) is 0.0925. The van der Waals surface area contributed by atoms with E-state index in [0.29, 0.717) is 39.1 Å². The third kappa shape index (κ3) is 9.48. The van der Waals surface area contributed by atoms with E-state index in [1.807, 2.05) is 89.2 Å². The van der Waals surface area contributed by atoms with E-state index in [1.54, 1.807) is 51.1 Å². The van der Waals surface area contributed by atoms with Crippen molar-refractivity contribution < 1.29 is 53.2 Å². The maximum atomic E-state index is 14.7. The summed E-state index contributed by atoms with van der Waals surface area (Å²) >= 11 is 0. The number of halogens is 10. The lowest BCUT2D eigenvalue weighted by atomic mass is 9.90. The Morgan fingerprint density at radius 2 is 0.968 bits per heavy atom. The van der Waals surface area contributed by atoms with Crippen LogP contribution in [-0.2, 0) is 9.31 Å². The number of rotatable bonds is 12. The fourth-order valence-corrected chi connectivity index (χ4v) is 7.73. The third-order valence-corrected chi connectivity index (χ3v) is 10.6. The van der Waals surface area contributed by atoms with E-state index in [9.17, 15) is 43.9 Å². The summed E-state index contributed by atoms with van der Waals surface area (Å²) < 4.78 is 152. The van der Waals surface area contributed by atoms with Crippen molar-refractivity contribution in [2.24, 2.45) is 4.99 Å². The summed E-state index contributed by atoms with van der Waals surface area (Å²) in [6.45, 7) is 9.89. The van der Waals surface area contributed by atoms with Gasteiger partial charge in [-0.1, -0.05) is 95.1 Å². The summed E-state index contributed by atoms with van der Waals surface area (Å²) in [5.41, 5.74) is 10.6. The average molecular weight is 869 g/mol. The Bertz CT molecular complexity index is 2510. The molecule has 0 fully saturated rings. The fourth-order valence-electron chi connectivity index (χ4n) is 7.73. The lowest BCUT2D eigenvalue weighted by Gasteiger charge is -2.26. The first-order valence-corrected chi connectivity index (χ1v) is 19.5. The van der Waals surface area contributed by atoms with Gasteiger partial charge in [0, 0.05) is 28.1 Å². The lowest BCUT2D eigenvalue weighted by molar-refractivity contribution is -0.295. The highest BCUT2D eigenvalue weighted by Gasteiger charge is 2.60. The number of hydrogen-bond donors (Lipinski definition) is 0. The van der Waals surface area contributed by atoms with Gasteiger partial charge in [0.2, 0.25) is 0 Å². The van der Waals surface area contributed by atoms with Crippen LogP contribution in [0.4, 0.5) is 43.9 Å². The number of aryl methyl sites for hydroxylation is 8.